The van der Waals surface area contributed by atoms with Crippen molar-refractivity contribution in [1.82, 2.24) is 0 Å². The normalized spacial score (nSPS) is 17.5. The number of anilines is 2. The number of hydrogen-bond acceptors (Lipinski definition) is 8. The molecule has 33 heavy (non-hydrogen) atoms. The first-order chi connectivity index (χ1) is 15.7. The number of primary amides is 1. The van der Waals surface area contributed by atoms with Crippen LogP contribution >= 0.6 is 11.3 Å². The van der Waals surface area contributed by atoms with Gasteiger partial charge in [-0.05, 0) is 30.7 Å². The van der Waals surface area contributed by atoms with Gasteiger partial charge in [0.15, 0.2) is 17.6 Å². The molecule has 4 N–H and O–H groups in total. The largest absolute Gasteiger partial charge is 0.493 e. The molecule has 1 aromatic heterocycles. The number of nitrogens with one attached hydrogen (secondary N) is 2. The van der Waals surface area contributed by atoms with E-state index in [4.69, 9.17) is 19.9 Å². The van der Waals surface area contributed by atoms with Gasteiger partial charge in [-0.2, -0.15) is 0 Å². The van der Waals surface area contributed by atoms with Crippen LogP contribution in [0.2, 0.25) is 0 Å². The smallest absolute Gasteiger partial charge is 0.341 e. The Kier molecular flexibility index (Phi) is 7.22. The van der Waals surface area contributed by atoms with E-state index in [0.29, 0.717) is 5.75 Å². The van der Waals surface area contributed by atoms with Gasteiger partial charge in [0, 0.05) is 18.1 Å². The van der Waals surface area contributed by atoms with Gasteiger partial charge in [0.25, 0.3) is 11.8 Å². The average molecular weight is 476 g/mol. The highest BCUT2D eigenvalue weighted by molar-refractivity contribution is 7.14. The van der Waals surface area contributed by atoms with Crippen LogP contribution in [-0.4, -0.2) is 44.0 Å². The van der Waals surface area contributed by atoms with Crippen LogP contribution in [0.15, 0.2) is 23.6 Å². The third-order valence-electron chi connectivity index (χ3n) is 5.27. The molecular weight excluding hydrogens is 450 g/mol. The van der Waals surface area contributed by atoms with Crippen LogP contribution in [0, 0.1) is 11.8 Å². The van der Waals surface area contributed by atoms with Crippen LogP contribution in [0.5, 0.6) is 11.5 Å². The van der Waals surface area contributed by atoms with Crippen LogP contribution in [0.4, 0.5) is 10.7 Å². The van der Waals surface area contributed by atoms with Crippen LogP contribution in [0.1, 0.15) is 41.0 Å². The Morgan fingerprint density at radius 3 is 2.30 bits per heavy atom. The van der Waals surface area contributed by atoms with Crippen molar-refractivity contribution in [2.45, 2.75) is 26.4 Å². The molecule has 1 aromatic carbocycles. The summed E-state index contributed by atoms with van der Waals surface area (Å²) in [4.78, 5) is 49.4. The Morgan fingerprint density at radius 1 is 1.09 bits per heavy atom. The minimum absolute atomic E-state index is 0.00269. The number of carbonyl (C=O) groups is 4. The molecule has 3 rings (SSSR count). The number of esters is 1. The number of hydrogen-bond donors (Lipinski definition) is 3. The van der Waals surface area contributed by atoms with Crippen LogP contribution < -0.4 is 25.8 Å². The molecule has 0 bridgehead atoms. The van der Waals surface area contributed by atoms with Gasteiger partial charge < -0.3 is 30.6 Å². The fraction of sp³-hybridized carbons (Fsp3) is 0.364. The lowest BCUT2D eigenvalue weighted by atomic mass is 10.1. The van der Waals surface area contributed by atoms with Crippen molar-refractivity contribution in [3.8, 4) is 11.5 Å². The number of ether oxygens (including phenoxy) is 3. The van der Waals surface area contributed by atoms with Crippen LogP contribution in [0.3, 0.4) is 0 Å². The van der Waals surface area contributed by atoms with E-state index < -0.39 is 23.9 Å². The zero-order valence-corrected chi connectivity index (χ0v) is 19.4. The van der Waals surface area contributed by atoms with Crippen molar-refractivity contribution < 1.29 is 33.4 Å². The van der Waals surface area contributed by atoms with Gasteiger partial charge in [-0.25, -0.2) is 4.79 Å². The summed E-state index contributed by atoms with van der Waals surface area (Å²) >= 11 is 1.11. The molecule has 0 saturated heterocycles. The topological polar surface area (TPSA) is 146 Å². The molecule has 10 nitrogen and oxygen atoms in total. The first-order valence-electron chi connectivity index (χ1n) is 10.1. The van der Waals surface area contributed by atoms with Crippen molar-refractivity contribution in [3.63, 3.8) is 0 Å². The number of carbonyl (C=O) groups excluding carboxylic acids is 4. The molecule has 1 aliphatic rings. The van der Waals surface area contributed by atoms with E-state index in [1.807, 2.05) is 6.92 Å². The van der Waals surface area contributed by atoms with E-state index >= 15 is 0 Å². The number of rotatable bonds is 9. The standard InChI is InChI=1S/C22H25N3O7S/c1-10-7-13(10)20(28)24-15-9-17(31-4)16(30-3)8-14(15)22(29)32-11(2)19(27)25-21-12(18(23)26)5-6-33-21/h5-6,8-11,13H,7H2,1-4H3,(H2,23,26)(H,24,28)(H,25,27). The zero-order valence-electron chi connectivity index (χ0n) is 18.6. The molecule has 1 saturated carbocycles. The molecule has 2 aromatic rings. The third kappa shape index (κ3) is 5.43. The second-order valence-corrected chi connectivity index (χ2v) is 8.54. The summed E-state index contributed by atoms with van der Waals surface area (Å²) in [5.74, 6) is -1.69. The molecular formula is C22H25N3O7S. The number of nitrogens with two attached hydrogens (primary N) is 1. The fourth-order valence-corrected chi connectivity index (χ4v) is 3.95. The Labute approximate surface area is 194 Å². The SMILES string of the molecule is COc1cc(NC(=O)C2CC2C)c(C(=O)OC(C)C(=O)Nc2sccc2C(N)=O)cc1OC. The van der Waals surface area contributed by atoms with Crippen molar-refractivity contribution in [2.24, 2.45) is 17.6 Å². The maximum atomic E-state index is 12.9. The molecule has 3 amide bonds. The number of thiophene rings is 1. The summed E-state index contributed by atoms with van der Waals surface area (Å²) in [6, 6.07) is 4.33. The summed E-state index contributed by atoms with van der Waals surface area (Å²) in [7, 11) is 2.84. The molecule has 0 spiro atoms. The summed E-state index contributed by atoms with van der Waals surface area (Å²) in [5, 5.41) is 7.13. The van der Waals surface area contributed by atoms with E-state index in [1.54, 1.807) is 5.38 Å². The van der Waals surface area contributed by atoms with E-state index in [-0.39, 0.29) is 45.3 Å². The van der Waals surface area contributed by atoms with Crippen LogP contribution in [-0.2, 0) is 14.3 Å². The summed E-state index contributed by atoms with van der Waals surface area (Å²) in [6.45, 7) is 3.35. The third-order valence-corrected chi connectivity index (χ3v) is 6.10. The summed E-state index contributed by atoms with van der Waals surface area (Å²) in [6.07, 6.45) is -0.438. The molecule has 11 heteroatoms. The van der Waals surface area contributed by atoms with Crippen LogP contribution in [0.25, 0.3) is 0 Å². The van der Waals surface area contributed by atoms with E-state index in [0.717, 1.165) is 17.8 Å². The maximum Gasteiger partial charge on any atom is 0.341 e. The number of benzene rings is 1. The average Bonchev–Trinajstić information content (AvgIpc) is 3.33. The minimum Gasteiger partial charge on any atom is -0.493 e. The van der Waals surface area contributed by atoms with Gasteiger partial charge in [-0.1, -0.05) is 6.92 Å². The Bertz CT molecular complexity index is 1100. The van der Waals surface area contributed by atoms with Gasteiger partial charge in [0.05, 0.1) is 31.0 Å². The lowest BCUT2D eigenvalue weighted by molar-refractivity contribution is -0.123. The monoisotopic (exact) mass is 475 g/mol. The van der Waals surface area contributed by atoms with Gasteiger partial charge in [-0.15, -0.1) is 11.3 Å². The predicted molar refractivity (Wildman–Crippen MR) is 122 cm³/mol. The second kappa shape index (κ2) is 9.90. The van der Waals surface area contributed by atoms with E-state index in [1.165, 1.54) is 39.3 Å². The maximum absolute atomic E-state index is 12.9. The lowest BCUT2D eigenvalue weighted by Crippen LogP contribution is -2.31. The first kappa shape index (κ1) is 24.1. The predicted octanol–water partition coefficient (Wildman–Crippen LogP) is 2.64. The Hall–Kier alpha value is -3.60. The molecule has 1 heterocycles. The zero-order chi connectivity index (χ0) is 24.3. The Balaban J connectivity index is 1.79. The molecule has 1 fully saturated rings. The second-order valence-electron chi connectivity index (χ2n) is 7.63. The van der Waals surface area contributed by atoms with Crippen molar-refractivity contribution >= 4 is 45.7 Å². The van der Waals surface area contributed by atoms with Gasteiger partial charge in [0.1, 0.15) is 5.00 Å². The highest BCUT2D eigenvalue weighted by atomic mass is 32.1. The highest BCUT2D eigenvalue weighted by Crippen LogP contribution is 2.40. The van der Waals surface area contributed by atoms with E-state index in [2.05, 4.69) is 10.6 Å². The summed E-state index contributed by atoms with van der Waals surface area (Å²) < 4.78 is 15.9. The molecule has 176 valence electrons. The first-order valence-corrected chi connectivity index (χ1v) is 11.0. The minimum atomic E-state index is -1.21. The lowest BCUT2D eigenvalue weighted by Gasteiger charge is -2.17. The molecule has 0 aliphatic heterocycles. The number of amides is 3. The van der Waals surface area contributed by atoms with Gasteiger partial charge in [-0.3, -0.25) is 14.4 Å². The highest BCUT2D eigenvalue weighted by Gasteiger charge is 2.39. The number of methoxy groups -OCH3 is 2. The molecule has 3 unspecified atom stereocenters. The molecule has 1 aliphatic carbocycles. The van der Waals surface area contributed by atoms with Crippen molar-refractivity contribution in [2.75, 3.05) is 24.9 Å². The van der Waals surface area contributed by atoms with Crippen molar-refractivity contribution in [1.29, 1.82) is 0 Å². The van der Waals surface area contributed by atoms with E-state index in [9.17, 15) is 19.2 Å². The summed E-state index contributed by atoms with van der Waals surface area (Å²) in [5.41, 5.74) is 5.63. The molecule has 3 atom stereocenters. The van der Waals surface area contributed by atoms with Gasteiger partial charge in [0.2, 0.25) is 5.91 Å². The quantitative estimate of drug-likeness (QED) is 0.473. The fourth-order valence-electron chi connectivity index (χ4n) is 3.16. The molecule has 0 radical (unpaired) electrons. The Morgan fingerprint density at radius 2 is 1.73 bits per heavy atom. The van der Waals surface area contributed by atoms with Gasteiger partial charge >= 0.3 is 5.97 Å². The van der Waals surface area contributed by atoms with Crippen molar-refractivity contribution in [3.05, 3.63) is 34.7 Å².